The molecule has 0 aliphatic carbocycles. The van der Waals surface area contributed by atoms with Crippen LogP contribution in [0.4, 0.5) is 11.5 Å². The lowest BCUT2D eigenvalue weighted by atomic mass is 10.1. The van der Waals surface area contributed by atoms with Crippen molar-refractivity contribution in [3.8, 4) is 0 Å². The fourth-order valence-electron chi connectivity index (χ4n) is 3.54. The zero-order valence-corrected chi connectivity index (χ0v) is 15.0. The molecule has 2 aromatic heterocycles. The van der Waals surface area contributed by atoms with Crippen molar-refractivity contribution in [3.63, 3.8) is 0 Å². The van der Waals surface area contributed by atoms with Crippen LogP contribution in [-0.2, 0) is 11.3 Å². The first-order valence-corrected chi connectivity index (χ1v) is 9.25. The highest BCUT2D eigenvalue weighted by molar-refractivity contribution is 5.92. The third-order valence-corrected chi connectivity index (χ3v) is 4.96. The summed E-state index contributed by atoms with van der Waals surface area (Å²) in [5.74, 6) is 0.847. The second-order valence-corrected chi connectivity index (χ2v) is 6.79. The number of benzene rings is 2. The van der Waals surface area contributed by atoms with Crippen molar-refractivity contribution in [2.45, 2.75) is 6.54 Å². The monoisotopic (exact) mass is 359 g/mol. The number of nitrogens with zero attached hydrogens (tertiary/aromatic N) is 4. The highest BCUT2D eigenvalue weighted by Gasteiger charge is 2.11. The summed E-state index contributed by atoms with van der Waals surface area (Å²) in [6.07, 6.45) is 1.78. The van der Waals surface area contributed by atoms with E-state index >= 15 is 0 Å². The van der Waals surface area contributed by atoms with Crippen LogP contribution in [0.15, 0.2) is 60.8 Å². The average Bonchev–Trinajstić information content (AvgIpc) is 3.19. The van der Waals surface area contributed by atoms with Gasteiger partial charge in [0.15, 0.2) is 5.65 Å². The Morgan fingerprint density at radius 1 is 0.963 bits per heavy atom. The van der Waals surface area contributed by atoms with Crippen LogP contribution >= 0.6 is 0 Å². The SMILES string of the molecule is c1ccc2c(c1)c(Nc1ccc(CN3CCOCC3)cc1)nc1ccnn12. The molecule has 0 amide bonds. The van der Waals surface area contributed by atoms with E-state index in [1.165, 1.54) is 5.56 Å². The van der Waals surface area contributed by atoms with Gasteiger partial charge in [0.25, 0.3) is 0 Å². The van der Waals surface area contributed by atoms with Gasteiger partial charge in [0, 0.05) is 36.8 Å². The highest BCUT2D eigenvalue weighted by Crippen LogP contribution is 2.26. The predicted molar refractivity (Wildman–Crippen MR) is 106 cm³/mol. The van der Waals surface area contributed by atoms with Gasteiger partial charge in [0.05, 0.1) is 24.9 Å². The molecule has 6 heteroatoms. The van der Waals surface area contributed by atoms with Crippen molar-refractivity contribution in [2.24, 2.45) is 0 Å². The van der Waals surface area contributed by atoms with Gasteiger partial charge in [-0.2, -0.15) is 5.10 Å². The van der Waals surface area contributed by atoms with Gasteiger partial charge >= 0.3 is 0 Å². The van der Waals surface area contributed by atoms with Gasteiger partial charge in [-0.05, 0) is 29.8 Å². The van der Waals surface area contributed by atoms with Crippen molar-refractivity contribution < 1.29 is 4.74 Å². The number of hydrogen-bond donors (Lipinski definition) is 1. The number of hydrogen-bond acceptors (Lipinski definition) is 5. The zero-order chi connectivity index (χ0) is 18.1. The molecule has 1 aliphatic rings. The van der Waals surface area contributed by atoms with Crippen molar-refractivity contribution in [1.29, 1.82) is 0 Å². The van der Waals surface area contributed by atoms with E-state index in [4.69, 9.17) is 9.72 Å². The number of anilines is 2. The molecule has 2 aromatic carbocycles. The summed E-state index contributed by atoms with van der Waals surface area (Å²) in [6, 6.07) is 18.7. The summed E-state index contributed by atoms with van der Waals surface area (Å²) in [6.45, 7) is 4.63. The zero-order valence-electron chi connectivity index (χ0n) is 15.0. The highest BCUT2D eigenvalue weighted by atomic mass is 16.5. The van der Waals surface area contributed by atoms with E-state index in [2.05, 4.69) is 51.7 Å². The lowest BCUT2D eigenvalue weighted by molar-refractivity contribution is 0.0342. The van der Waals surface area contributed by atoms with Gasteiger partial charge in [0.1, 0.15) is 5.82 Å². The Morgan fingerprint density at radius 2 is 1.78 bits per heavy atom. The maximum atomic E-state index is 5.42. The van der Waals surface area contributed by atoms with Gasteiger partial charge in [-0.3, -0.25) is 4.90 Å². The maximum Gasteiger partial charge on any atom is 0.158 e. The Hall–Kier alpha value is -2.96. The lowest BCUT2D eigenvalue weighted by Gasteiger charge is -2.26. The number of nitrogens with one attached hydrogen (secondary N) is 1. The molecule has 0 bridgehead atoms. The Labute approximate surface area is 157 Å². The molecule has 136 valence electrons. The van der Waals surface area contributed by atoms with Crippen molar-refractivity contribution in [2.75, 3.05) is 31.6 Å². The van der Waals surface area contributed by atoms with Crippen LogP contribution in [-0.4, -0.2) is 45.8 Å². The molecule has 6 nitrogen and oxygen atoms in total. The Morgan fingerprint density at radius 3 is 2.63 bits per heavy atom. The molecule has 0 radical (unpaired) electrons. The second kappa shape index (κ2) is 6.98. The number of aromatic nitrogens is 3. The molecule has 1 aliphatic heterocycles. The van der Waals surface area contributed by atoms with Crippen molar-refractivity contribution >= 4 is 28.1 Å². The van der Waals surface area contributed by atoms with Gasteiger partial charge < -0.3 is 10.1 Å². The summed E-state index contributed by atoms with van der Waals surface area (Å²) < 4.78 is 7.28. The molecule has 5 rings (SSSR count). The average molecular weight is 359 g/mol. The fourth-order valence-corrected chi connectivity index (χ4v) is 3.54. The molecule has 1 N–H and O–H groups in total. The Bertz CT molecular complexity index is 1070. The predicted octanol–water partition coefficient (Wildman–Crippen LogP) is 3.46. The molecular weight excluding hydrogens is 338 g/mol. The summed E-state index contributed by atoms with van der Waals surface area (Å²) in [5, 5.41) is 8.90. The molecule has 0 unspecified atom stereocenters. The Kier molecular flexibility index (Phi) is 4.20. The van der Waals surface area contributed by atoms with E-state index in [0.717, 1.165) is 60.9 Å². The number of fused-ring (bicyclic) bond motifs is 3. The first-order valence-electron chi connectivity index (χ1n) is 9.25. The number of rotatable bonds is 4. The fraction of sp³-hybridized carbons (Fsp3) is 0.238. The van der Waals surface area contributed by atoms with E-state index < -0.39 is 0 Å². The van der Waals surface area contributed by atoms with Crippen LogP contribution in [0.5, 0.6) is 0 Å². The van der Waals surface area contributed by atoms with Crippen LogP contribution in [0.1, 0.15) is 5.56 Å². The van der Waals surface area contributed by atoms with Crippen LogP contribution in [0, 0.1) is 0 Å². The topological polar surface area (TPSA) is 54.7 Å². The molecule has 27 heavy (non-hydrogen) atoms. The van der Waals surface area contributed by atoms with Crippen LogP contribution < -0.4 is 5.32 Å². The summed E-state index contributed by atoms with van der Waals surface area (Å²) >= 11 is 0. The summed E-state index contributed by atoms with van der Waals surface area (Å²) in [5.41, 5.74) is 4.22. The van der Waals surface area contributed by atoms with Gasteiger partial charge in [-0.15, -0.1) is 0 Å². The van der Waals surface area contributed by atoms with E-state index in [0.29, 0.717) is 0 Å². The summed E-state index contributed by atoms with van der Waals surface area (Å²) in [7, 11) is 0. The third kappa shape index (κ3) is 3.25. The minimum Gasteiger partial charge on any atom is -0.379 e. The lowest BCUT2D eigenvalue weighted by Crippen LogP contribution is -2.35. The number of morpholine rings is 1. The van der Waals surface area contributed by atoms with Crippen LogP contribution in [0.3, 0.4) is 0 Å². The maximum absolute atomic E-state index is 5.42. The molecule has 3 heterocycles. The minimum atomic E-state index is 0.829. The van der Waals surface area contributed by atoms with E-state index in [9.17, 15) is 0 Å². The largest absolute Gasteiger partial charge is 0.379 e. The molecule has 0 spiro atoms. The second-order valence-electron chi connectivity index (χ2n) is 6.79. The minimum absolute atomic E-state index is 0.829. The van der Waals surface area contributed by atoms with Gasteiger partial charge in [0.2, 0.25) is 0 Å². The van der Waals surface area contributed by atoms with Crippen LogP contribution in [0.2, 0.25) is 0 Å². The van der Waals surface area contributed by atoms with E-state index in [-0.39, 0.29) is 0 Å². The first kappa shape index (κ1) is 16.2. The standard InChI is InChI=1S/C21H21N5O/c1-2-4-19-18(3-1)21(24-20-9-10-22-26(19)20)23-17-7-5-16(6-8-17)15-25-11-13-27-14-12-25/h1-10H,11-15H2,(H,23,24). The normalized spacial score (nSPS) is 15.4. The molecule has 1 fully saturated rings. The molecule has 0 saturated carbocycles. The number of para-hydroxylation sites is 1. The van der Waals surface area contributed by atoms with Crippen molar-refractivity contribution in [1.82, 2.24) is 19.5 Å². The van der Waals surface area contributed by atoms with E-state index in [1.54, 1.807) is 6.20 Å². The number of ether oxygens (including phenoxy) is 1. The third-order valence-electron chi connectivity index (χ3n) is 4.96. The van der Waals surface area contributed by atoms with Crippen LogP contribution in [0.25, 0.3) is 16.6 Å². The molecular formula is C21H21N5O. The Balaban J connectivity index is 1.41. The first-order chi connectivity index (χ1) is 13.4. The smallest absolute Gasteiger partial charge is 0.158 e. The molecule has 1 saturated heterocycles. The molecule has 4 aromatic rings. The molecule has 0 atom stereocenters. The van der Waals surface area contributed by atoms with Crippen molar-refractivity contribution in [3.05, 3.63) is 66.4 Å². The van der Waals surface area contributed by atoms with Gasteiger partial charge in [-0.25, -0.2) is 9.50 Å². The van der Waals surface area contributed by atoms with E-state index in [1.807, 2.05) is 22.7 Å². The quantitative estimate of drug-likeness (QED) is 0.605. The van der Waals surface area contributed by atoms with Gasteiger partial charge in [-0.1, -0.05) is 24.3 Å². The summed E-state index contributed by atoms with van der Waals surface area (Å²) in [4.78, 5) is 7.17.